The van der Waals surface area contributed by atoms with E-state index in [-0.39, 0.29) is 31.7 Å². The molecule has 132 valence electrons. The van der Waals surface area contributed by atoms with Crippen LogP contribution in [0.5, 0.6) is 11.5 Å². The van der Waals surface area contributed by atoms with Crippen molar-refractivity contribution >= 4 is 23.7 Å². The van der Waals surface area contributed by atoms with Crippen molar-refractivity contribution in [1.29, 1.82) is 0 Å². The maximum atomic E-state index is 12.4. The minimum Gasteiger partial charge on any atom is -0.454 e. The van der Waals surface area contributed by atoms with Gasteiger partial charge in [0.1, 0.15) is 13.1 Å². The number of hydrazone groups is 1. The van der Waals surface area contributed by atoms with E-state index in [1.165, 1.54) is 16.1 Å². The van der Waals surface area contributed by atoms with Gasteiger partial charge in [0.25, 0.3) is 5.91 Å². The third-order valence-electron chi connectivity index (χ3n) is 4.26. The molecule has 26 heavy (non-hydrogen) atoms. The number of ether oxygens (including phenoxy) is 2. The Morgan fingerprint density at radius 3 is 2.54 bits per heavy atom. The molecule has 2 aliphatic heterocycles. The van der Waals surface area contributed by atoms with Crippen LogP contribution in [0.4, 0.5) is 5.69 Å². The van der Waals surface area contributed by atoms with Gasteiger partial charge in [-0.2, -0.15) is 5.10 Å². The average Bonchev–Trinajstić information content (AvgIpc) is 3.11. The fourth-order valence-electron chi connectivity index (χ4n) is 2.80. The highest BCUT2D eigenvalue weighted by atomic mass is 16.7. The summed E-state index contributed by atoms with van der Waals surface area (Å²) in [6.07, 6.45) is 1.54. The lowest BCUT2D eigenvalue weighted by Gasteiger charge is -2.31. The molecule has 0 spiro atoms. The SMILES string of the molecule is Cc1ccc(N2CC(=O)N(/N=C/c3ccc4c(c3)OCO4)CC2=O)cc1. The molecule has 7 heteroatoms. The van der Waals surface area contributed by atoms with E-state index in [1.807, 2.05) is 37.3 Å². The summed E-state index contributed by atoms with van der Waals surface area (Å²) >= 11 is 0. The van der Waals surface area contributed by atoms with Crippen LogP contribution < -0.4 is 14.4 Å². The van der Waals surface area contributed by atoms with Crippen LogP contribution in [0, 0.1) is 6.92 Å². The van der Waals surface area contributed by atoms with Crippen molar-refractivity contribution in [3.63, 3.8) is 0 Å². The van der Waals surface area contributed by atoms with E-state index in [2.05, 4.69) is 5.10 Å². The molecule has 0 unspecified atom stereocenters. The van der Waals surface area contributed by atoms with Crippen LogP contribution >= 0.6 is 0 Å². The van der Waals surface area contributed by atoms with E-state index in [9.17, 15) is 9.59 Å². The molecule has 0 N–H and O–H groups in total. The third-order valence-corrected chi connectivity index (χ3v) is 4.26. The highest BCUT2D eigenvalue weighted by Crippen LogP contribution is 2.32. The summed E-state index contributed by atoms with van der Waals surface area (Å²) in [5.74, 6) is 0.916. The third kappa shape index (κ3) is 3.11. The molecule has 2 heterocycles. The molecule has 4 rings (SSSR count). The molecular weight excluding hydrogens is 334 g/mol. The lowest BCUT2D eigenvalue weighted by Crippen LogP contribution is -2.52. The second kappa shape index (κ2) is 6.51. The van der Waals surface area contributed by atoms with Crippen LogP contribution in [0.3, 0.4) is 0 Å². The first-order valence-electron chi connectivity index (χ1n) is 8.21. The number of nitrogens with zero attached hydrogens (tertiary/aromatic N) is 3. The Kier molecular flexibility index (Phi) is 4.04. The number of benzene rings is 2. The number of rotatable bonds is 3. The Labute approximate surface area is 150 Å². The van der Waals surface area contributed by atoms with Crippen molar-refractivity contribution < 1.29 is 19.1 Å². The van der Waals surface area contributed by atoms with Gasteiger partial charge >= 0.3 is 0 Å². The molecular formula is C19H17N3O4. The Hall–Kier alpha value is -3.35. The zero-order valence-electron chi connectivity index (χ0n) is 14.2. The van der Waals surface area contributed by atoms with Gasteiger partial charge in [-0.25, -0.2) is 5.01 Å². The molecule has 1 saturated heterocycles. The van der Waals surface area contributed by atoms with Crippen molar-refractivity contribution in [3.05, 3.63) is 53.6 Å². The molecule has 2 aromatic rings. The number of anilines is 1. The van der Waals surface area contributed by atoms with Crippen LogP contribution in [-0.4, -0.2) is 42.9 Å². The van der Waals surface area contributed by atoms with Gasteiger partial charge < -0.3 is 14.4 Å². The van der Waals surface area contributed by atoms with Gasteiger partial charge in [-0.1, -0.05) is 17.7 Å². The van der Waals surface area contributed by atoms with E-state index in [4.69, 9.17) is 9.47 Å². The molecule has 0 atom stereocenters. The number of hydrogen-bond acceptors (Lipinski definition) is 5. The van der Waals surface area contributed by atoms with Crippen LogP contribution in [0.15, 0.2) is 47.6 Å². The molecule has 1 fully saturated rings. The fourth-order valence-corrected chi connectivity index (χ4v) is 2.80. The van der Waals surface area contributed by atoms with E-state index >= 15 is 0 Å². The highest BCUT2D eigenvalue weighted by Gasteiger charge is 2.30. The van der Waals surface area contributed by atoms with Gasteiger partial charge in [0.15, 0.2) is 11.5 Å². The minimum atomic E-state index is -0.234. The predicted octanol–water partition coefficient (Wildman–Crippen LogP) is 1.93. The summed E-state index contributed by atoms with van der Waals surface area (Å²) in [5.41, 5.74) is 2.57. The van der Waals surface area contributed by atoms with Crippen LogP contribution in [0.25, 0.3) is 0 Å². The Morgan fingerprint density at radius 1 is 0.962 bits per heavy atom. The number of carbonyl (C=O) groups excluding carboxylic acids is 2. The quantitative estimate of drug-likeness (QED) is 0.792. The van der Waals surface area contributed by atoms with Gasteiger partial charge in [-0.15, -0.1) is 0 Å². The van der Waals surface area contributed by atoms with Gasteiger partial charge in [-0.3, -0.25) is 9.59 Å². The number of amides is 2. The molecule has 0 radical (unpaired) electrons. The van der Waals surface area contributed by atoms with Crippen molar-refractivity contribution in [1.82, 2.24) is 5.01 Å². The first-order chi connectivity index (χ1) is 12.6. The zero-order valence-corrected chi connectivity index (χ0v) is 14.2. The topological polar surface area (TPSA) is 71.4 Å². The molecule has 7 nitrogen and oxygen atoms in total. The minimum absolute atomic E-state index is 0.0274. The largest absolute Gasteiger partial charge is 0.454 e. The van der Waals surface area contributed by atoms with Gasteiger partial charge in [0.2, 0.25) is 12.7 Å². The highest BCUT2D eigenvalue weighted by molar-refractivity contribution is 6.04. The number of aryl methyl sites for hydroxylation is 1. The lowest BCUT2D eigenvalue weighted by molar-refractivity contribution is -0.138. The molecule has 2 amide bonds. The predicted molar refractivity (Wildman–Crippen MR) is 95.4 cm³/mol. The maximum absolute atomic E-state index is 12.4. The number of hydrogen-bond donors (Lipinski definition) is 0. The van der Waals surface area contributed by atoms with Crippen LogP contribution in [0.1, 0.15) is 11.1 Å². The normalized spacial score (nSPS) is 16.7. The molecule has 2 aromatic carbocycles. The van der Waals surface area contributed by atoms with E-state index in [0.29, 0.717) is 17.2 Å². The van der Waals surface area contributed by atoms with E-state index in [0.717, 1.165) is 11.1 Å². The number of fused-ring (bicyclic) bond motifs is 1. The molecule has 0 bridgehead atoms. The van der Waals surface area contributed by atoms with Crippen molar-refractivity contribution in [2.24, 2.45) is 5.10 Å². The summed E-state index contributed by atoms with van der Waals surface area (Å²) in [5, 5.41) is 5.36. The van der Waals surface area contributed by atoms with Gasteiger partial charge in [0.05, 0.1) is 6.21 Å². The van der Waals surface area contributed by atoms with Crippen molar-refractivity contribution in [2.45, 2.75) is 6.92 Å². The first-order valence-corrected chi connectivity index (χ1v) is 8.21. The van der Waals surface area contributed by atoms with Crippen molar-refractivity contribution in [2.75, 3.05) is 24.8 Å². The Morgan fingerprint density at radius 2 is 1.73 bits per heavy atom. The second-order valence-electron chi connectivity index (χ2n) is 6.12. The molecule has 0 aromatic heterocycles. The summed E-state index contributed by atoms with van der Waals surface area (Å²) in [6, 6.07) is 12.9. The number of piperazine rings is 1. The summed E-state index contributed by atoms with van der Waals surface area (Å²) < 4.78 is 10.6. The van der Waals surface area contributed by atoms with Crippen LogP contribution in [0.2, 0.25) is 0 Å². The molecule has 0 aliphatic carbocycles. The van der Waals surface area contributed by atoms with Crippen molar-refractivity contribution in [3.8, 4) is 11.5 Å². The monoisotopic (exact) mass is 351 g/mol. The maximum Gasteiger partial charge on any atom is 0.263 e. The molecule has 0 saturated carbocycles. The van der Waals surface area contributed by atoms with E-state index < -0.39 is 0 Å². The summed E-state index contributed by atoms with van der Waals surface area (Å²) in [6.45, 7) is 2.05. The van der Waals surface area contributed by atoms with E-state index in [1.54, 1.807) is 12.1 Å². The standard InChI is InChI=1S/C19H17N3O4/c1-13-2-5-15(6-3-13)21-10-19(24)22(11-18(21)23)20-9-14-4-7-16-17(8-14)26-12-25-16/h2-9H,10-12H2,1H3/b20-9+. The summed E-state index contributed by atoms with van der Waals surface area (Å²) in [7, 11) is 0. The van der Waals surface area contributed by atoms with Crippen LogP contribution in [-0.2, 0) is 9.59 Å². The average molecular weight is 351 g/mol. The second-order valence-corrected chi connectivity index (χ2v) is 6.12. The zero-order chi connectivity index (χ0) is 18.1. The fraction of sp³-hybridized carbons (Fsp3) is 0.211. The lowest BCUT2D eigenvalue weighted by atomic mass is 10.2. The smallest absolute Gasteiger partial charge is 0.263 e. The van der Waals surface area contributed by atoms with Gasteiger partial charge in [0, 0.05) is 5.69 Å². The Balaban J connectivity index is 1.47. The Bertz CT molecular complexity index is 892. The molecule has 2 aliphatic rings. The van der Waals surface area contributed by atoms with Gasteiger partial charge in [-0.05, 0) is 42.8 Å². The number of carbonyl (C=O) groups is 2. The summed E-state index contributed by atoms with van der Waals surface area (Å²) in [4.78, 5) is 26.3. The first kappa shape index (κ1) is 16.1.